The van der Waals surface area contributed by atoms with Gasteiger partial charge in [0, 0.05) is 6.54 Å². The van der Waals surface area contributed by atoms with Gasteiger partial charge in [0.15, 0.2) is 0 Å². The molecule has 1 aromatic rings. The van der Waals surface area contributed by atoms with E-state index in [1.54, 1.807) is 0 Å². The minimum Gasteiger partial charge on any atom is -0.313 e. The van der Waals surface area contributed by atoms with Crippen LogP contribution in [0.15, 0.2) is 18.2 Å². The van der Waals surface area contributed by atoms with Crippen molar-refractivity contribution in [3.63, 3.8) is 0 Å². The van der Waals surface area contributed by atoms with Crippen LogP contribution in [0.2, 0.25) is 0 Å². The van der Waals surface area contributed by atoms with Crippen LogP contribution in [0.25, 0.3) is 5.57 Å². The highest BCUT2D eigenvalue weighted by molar-refractivity contribution is 5.70. The fourth-order valence-electron chi connectivity index (χ4n) is 2.17. The highest BCUT2D eigenvalue weighted by Crippen LogP contribution is 2.25. The van der Waals surface area contributed by atoms with Gasteiger partial charge in [-0.25, -0.2) is 0 Å². The number of hydrogen-bond acceptors (Lipinski definition) is 1. The van der Waals surface area contributed by atoms with Crippen LogP contribution in [-0.4, -0.2) is 13.1 Å². The molecule has 1 heteroatoms. The predicted molar refractivity (Wildman–Crippen MR) is 66.1 cm³/mol. The van der Waals surface area contributed by atoms with E-state index in [2.05, 4.69) is 44.3 Å². The number of rotatable bonds is 1. The van der Waals surface area contributed by atoms with Crippen molar-refractivity contribution < 1.29 is 0 Å². The Morgan fingerprint density at radius 2 is 1.73 bits per heavy atom. The summed E-state index contributed by atoms with van der Waals surface area (Å²) in [6.45, 7) is 8.72. The van der Waals surface area contributed by atoms with Crippen molar-refractivity contribution in [3.05, 3.63) is 40.5 Å². The number of nitrogens with one attached hydrogen (secondary N) is 1. The van der Waals surface area contributed by atoms with Gasteiger partial charge in [0.1, 0.15) is 0 Å². The van der Waals surface area contributed by atoms with E-state index in [1.807, 2.05) is 0 Å². The SMILES string of the molecule is Cc1cc(C)c(C2=CCNCC2)cc1C. The molecule has 0 saturated carbocycles. The van der Waals surface area contributed by atoms with Crippen molar-refractivity contribution >= 4 is 5.57 Å². The monoisotopic (exact) mass is 201 g/mol. The average molecular weight is 201 g/mol. The average Bonchev–Trinajstić information content (AvgIpc) is 2.25. The minimum absolute atomic E-state index is 1.02. The molecule has 0 bridgehead atoms. The summed E-state index contributed by atoms with van der Waals surface area (Å²) in [6.07, 6.45) is 3.48. The zero-order valence-electron chi connectivity index (χ0n) is 9.85. The molecule has 0 spiro atoms. The standard InChI is InChI=1S/C14H19N/c1-10-8-12(3)14(9-11(10)2)13-4-6-15-7-5-13/h4,8-9,15H,5-7H2,1-3H3. The maximum absolute atomic E-state index is 3.35. The van der Waals surface area contributed by atoms with E-state index in [4.69, 9.17) is 0 Å². The van der Waals surface area contributed by atoms with Crippen LogP contribution >= 0.6 is 0 Å². The van der Waals surface area contributed by atoms with E-state index in [0.29, 0.717) is 0 Å². The van der Waals surface area contributed by atoms with Crippen LogP contribution in [0, 0.1) is 20.8 Å². The molecule has 0 unspecified atom stereocenters. The Bertz CT molecular complexity index is 402. The molecule has 1 nitrogen and oxygen atoms in total. The second-order valence-electron chi connectivity index (χ2n) is 4.43. The maximum Gasteiger partial charge on any atom is 0.0140 e. The molecular weight excluding hydrogens is 182 g/mol. The molecule has 0 atom stereocenters. The van der Waals surface area contributed by atoms with E-state index in [1.165, 1.54) is 27.8 Å². The first-order chi connectivity index (χ1) is 7.18. The normalized spacial score (nSPS) is 16.3. The Morgan fingerprint density at radius 3 is 2.40 bits per heavy atom. The summed E-state index contributed by atoms with van der Waals surface area (Å²) in [5.74, 6) is 0. The summed E-state index contributed by atoms with van der Waals surface area (Å²) in [6, 6.07) is 4.63. The highest BCUT2D eigenvalue weighted by Gasteiger charge is 2.09. The maximum atomic E-state index is 3.35. The van der Waals surface area contributed by atoms with Crippen LogP contribution in [0.5, 0.6) is 0 Å². The predicted octanol–water partition coefficient (Wildman–Crippen LogP) is 2.99. The lowest BCUT2D eigenvalue weighted by molar-refractivity contribution is 0.738. The van der Waals surface area contributed by atoms with Gasteiger partial charge in [-0.05, 0) is 61.6 Å². The van der Waals surface area contributed by atoms with Gasteiger partial charge < -0.3 is 5.32 Å². The first kappa shape index (κ1) is 10.4. The Labute approximate surface area is 92.2 Å². The van der Waals surface area contributed by atoms with Crippen LogP contribution in [0.4, 0.5) is 0 Å². The smallest absolute Gasteiger partial charge is 0.0140 e. The molecule has 1 aliphatic heterocycles. The number of hydrogen-bond donors (Lipinski definition) is 1. The molecule has 0 aliphatic carbocycles. The number of aryl methyl sites for hydroxylation is 3. The molecule has 2 rings (SSSR count). The Hall–Kier alpha value is -1.08. The first-order valence-corrected chi connectivity index (χ1v) is 5.66. The van der Waals surface area contributed by atoms with E-state index in [9.17, 15) is 0 Å². The molecule has 0 saturated heterocycles. The molecule has 0 aromatic heterocycles. The molecule has 0 radical (unpaired) electrons. The molecular formula is C14H19N. The van der Waals surface area contributed by atoms with Crippen molar-refractivity contribution in [2.24, 2.45) is 0 Å². The quantitative estimate of drug-likeness (QED) is 0.736. The second-order valence-corrected chi connectivity index (χ2v) is 4.43. The summed E-state index contributed by atoms with van der Waals surface area (Å²) in [7, 11) is 0. The fourth-order valence-corrected chi connectivity index (χ4v) is 2.17. The molecule has 1 aromatic carbocycles. The minimum atomic E-state index is 1.02. The van der Waals surface area contributed by atoms with Gasteiger partial charge in [-0.3, -0.25) is 0 Å². The van der Waals surface area contributed by atoms with Crippen LogP contribution in [0.3, 0.4) is 0 Å². The Morgan fingerprint density at radius 1 is 1.00 bits per heavy atom. The lowest BCUT2D eigenvalue weighted by Gasteiger charge is -2.17. The van der Waals surface area contributed by atoms with Gasteiger partial charge in [0.2, 0.25) is 0 Å². The van der Waals surface area contributed by atoms with Crippen molar-refractivity contribution in [2.45, 2.75) is 27.2 Å². The highest BCUT2D eigenvalue weighted by atomic mass is 14.8. The molecule has 15 heavy (non-hydrogen) atoms. The molecule has 1 heterocycles. The molecule has 0 fully saturated rings. The molecule has 0 amide bonds. The van der Waals surface area contributed by atoms with Crippen molar-refractivity contribution in [3.8, 4) is 0 Å². The van der Waals surface area contributed by atoms with E-state index >= 15 is 0 Å². The van der Waals surface area contributed by atoms with Crippen molar-refractivity contribution in [1.82, 2.24) is 5.32 Å². The van der Waals surface area contributed by atoms with Crippen molar-refractivity contribution in [1.29, 1.82) is 0 Å². The summed E-state index contributed by atoms with van der Waals surface area (Å²) in [4.78, 5) is 0. The Kier molecular flexibility index (Phi) is 2.92. The van der Waals surface area contributed by atoms with Crippen LogP contribution in [-0.2, 0) is 0 Å². The Balaban J connectivity index is 2.43. The second kappa shape index (κ2) is 4.19. The van der Waals surface area contributed by atoms with E-state index in [0.717, 1.165) is 19.5 Å². The summed E-state index contributed by atoms with van der Waals surface area (Å²) in [5.41, 5.74) is 7.15. The third-order valence-corrected chi connectivity index (χ3v) is 3.25. The van der Waals surface area contributed by atoms with Crippen LogP contribution in [0.1, 0.15) is 28.7 Å². The van der Waals surface area contributed by atoms with Gasteiger partial charge in [0.05, 0.1) is 0 Å². The molecule has 80 valence electrons. The van der Waals surface area contributed by atoms with Gasteiger partial charge >= 0.3 is 0 Å². The summed E-state index contributed by atoms with van der Waals surface area (Å²) < 4.78 is 0. The van der Waals surface area contributed by atoms with E-state index in [-0.39, 0.29) is 0 Å². The first-order valence-electron chi connectivity index (χ1n) is 5.66. The summed E-state index contributed by atoms with van der Waals surface area (Å²) >= 11 is 0. The van der Waals surface area contributed by atoms with E-state index < -0.39 is 0 Å². The van der Waals surface area contributed by atoms with Gasteiger partial charge in [-0.2, -0.15) is 0 Å². The molecule has 1 N–H and O–H groups in total. The van der Waals surface area contributed by atoms with Gasteiger partial charge in [-0.15, -0.1) is 0 Å². The zero-order valence-corrected chi connectivity index (χ0v) is 9.85. The topological polar surface area (TPSA) is 12.0 Å². The fraction of sp³-hybridized carbons (Fsp3) is 0.429. The lowest BCUT2D eigenvalue weighted by Crippen LogP contribution is -2.20. The third kappa shape index (κ3) is 2.13. The number of benzene rings is 1. The van der Waals surface area contributed by atoms with Gasteiger partial charge in [-0.1, -0.05) is 18.2 Å². The zero-order chi connectivity index (χ0) is 10.8. The lowest BCUT2D eigenvalue weighted by atomic mass is 9.92. The molecule has 1 aliphatic rings. The summed E-state index contributed by atoms with van der Waals surface area (Å²) in [5, 5.41) is 3.35. The van der Waals surface area contributed by atoms with Crippen LogP contribution < -0.4 is 5.32 Å². The third-order valence-electron chi connectivity index (χ3n) is 3.25. The van der Waals surface area contributed by atoms with Crippen molar-refractivity contribution in [2.75, 3.05) is 13.1 Å². The van der Waals surface area contributed by atoms with Gasteiger partial charge in [0.25, 0.3) is 0 Å². The largest absolute Gasteiger partial charge is 0.313 e.